The predicted molar refractivity (Wildman–Crippen MR) is 88.2 cm³/mol. The number of hydrogen-bond donors (Lipinski definition) is 3. The maximum atomic E-state index is 11.7. The number of halogens is 1. The number of nitrogens with two attached hydrogens (primary N) is 1. The van der Waals surface area contributed by atoms with Crippen molar-refractivity contribution in [2.45, 2.75) is 13.5 Å². The van der Waals surface area contributed by atoms with Crippen molar-refractivity contribution < 1.29 is 4.79 Å². The van der Waals surface area contributed by atoms with Gasteiger partial charge in [-0.1, -0.05) is 0 Å². The summed E-state index contributed by atoms with van der Waals surface area (Å²) < 4.78 is 1.11. The van der Waals surface area contributed by atoms with Gasteiger partial charge in [0.15, 0.2) is 0 Å². The van der Waals surface area contributed by atoms with E-state index in [1.165, 1.54) is 4.88 Å². The van der Waals surface area contributed by atoms with E-state index in [4.69, 9.17) is 5.73 Å². The molecule has 0 saturated heterocycles. The molecule has 0 bridgehead atoms. The van der Waals surface area contributed by atoms with Gasteiger partial charge < -0.3 is 16.4 Å². The van der Waals surface area contributed by atoms with Gasteiger partial charge in [-0.15, -0.1) is 11.3 Å². The third-order valence-corrected chi connectivity index (χ3v) is 4.36. The van der Waals surface area contributed by atoms with Crippen molar-refractivity contribution in [2.24, 2.45) is 0 Å². The first-order valence-electron chi connectivity index (χ1n) is 6.26. The van der Waals surface area contributed by atoms with Crippen LogP contribution >= 0.6 is 27.3 Å². The Morgan fingerprint density at radius 1 is 1.35 bits per heavy atom. The van der Waals surface area contributed by atoms with E-state index < -0.39 is 0 Å². The van der Waals surface area contributed by atoms with Crippen molar-refractivity contribution in [1.29, 1.82) is 0 Å². The summed E-state index contributed by atoms with van der Waals surface area (Å²) in [5.74, 6) is -0.104. The van der Waals surface area contributed by atoms with Gasteiger partial charge in [0.2, 0.25) is 0 Å². The highest BCUT2D eigenvalue weighted by molar-refractivity contribution is 9.11. The van der Waals surface area contributed by atoms with Crippen LogP contribution in [0.15, 0.2) is 34.1 Å². The number of anilines is 2. The van der Waals surface area contributed by atoms with E-state index in [-0.39, 0.29) is 5.91 Å². The van der Waals surface area contributed by atoms with Crippen LogP contribution in [-0.2, 0) is 6.54 Å². The van der Waals surface area contributed by atoms with Gasteiger partial charge in [-0.25, -0.2) is 0 Å². The second-order valence-corrected chi connectivity index (χ2v) is 6.77. The molecule has 0 aliphatic rings. The number of carbonyl (C=O) groups is 1. The summed E-state index contributed by atoms with van der Waals surface area (Å²) in [6.45, 7) is 3.20. The van der Waals surface area contributed by atoms with Gasteiger partial charge in [0.05, 0.1) is 15.2 Å². The van der Waals surface area contributed by atoms with Gasteiger partial charge in [-0.3, -0.25) is 4.79 Å². The maximum Gasteiger partial charge on any atom is 0.251 e. The number of benzene rings is 1. The molecule has 0 saturated carbocycles. The van der Waals surface area contributed by atoms with Crippen LogP contribution in [0.25, 0.3) is 0 Å². The molecule has 1 aromatic heterocycles. The average molecular weight is 354 g/mol. The van der Waals surface area contributed by atoms with E-state index in [9.17, 15) is 4.79 Å². The van der Waals surface area contributed by atoms with Gasteiger partial charge >= 0.3 is 0 Å². The summed E-state index contributed by atoms with van der Waals surface area (Å²) in [6, 6.07) is 9.37. The number of carbonyl (C=O) groups excluding carboxylic acids is 1. The molecule has 0 atom stereocenters. The average Bonchev–Trinajstić information content (AvgIpc) is 2.83. The maximum absolute atomic E-state index is 11.7. The van der Waals surface area contributed by atoms with Crippen LogP contribution in [0, 0.1) is 0 Å². The van der Waals surface area contributed by atoms with Crippen LogP contribution in [0.3, 0.4) is 0 Å². The molecular formula is C14H16BrN3OS. The van der Waals surface area contributed by atoms with Gasteiger partial charge in [-0.2, -0.15) is 0 Å². The van der Waals surface area contributed by atoms with Gasteiger partial charge in [0, 0.05) is 23.5 Å². The van der Waals surface area contributed by atoms with E-state index in [1.807, 2.05) is 19.1 Å². The van der Waals surface area contributed by atoms with Crippen LogP contribution in [0.5, 0.6) is 0 Å². The third-order valence-electron chi connectivity index (χ3n) is 2.73. The van der Waals surface area contributed by atoms with E-state index in [2.05, 4.69) is 32.6 Å². The Labute approximate surface area is 130 Å². The molecule has 1 amide bonds. The molecule has 0 aliphatic carbocycles. The van der Waals surface area contributed by atoms with Crippen molar-refractivity contribution >= 4 is 44.5 Å². The van der Waals surface area contributed by atoms with Crippen LogP contribution in [0.2, 0.25) is 0 Å². The molecule has 0 unspecified atom stereocenters. The number of nitrogens with one attached hydrogen (secondary N) is 2. The zero-order valence-electron chi connectivity index (χ0n) is 11.1. The van der Waals surface area contributed by atoms with Crippen molar-refractivity contribution in [3.63, 3.8) is 0 Å². The monoisotopic (exact) mass is 353 g/mol. The van der Waals surface area contributed by atoms with Crippen molar-refractivity contribution in [3.8, 4) is 0 Å². The predicted octanol–water partition coefficient (Wildman–Crippen LogP) is 3.45. The summed E-state index contributed by atoms with van der Waals surface area (Å²) in [5, 5.41) is 6.02. The zero-order chi connectivity index (χ0) is 14.5. The Hall–Kier alpha value is -1.53. The van der Waals surface area contributed by atoms with Gasteiger partial charge in [-0.05, 0) is 53.2 Å². The Morgan fingerprint density at radius 3 is 2.75 bits per heavy atom. The zero-order valence-corrected chi connectivity index (χ0v) is 13.5. The van der Waals surface area contributed by atoms with E-state index >= 15 is 0 Å². The number of thiophene rings is 1. The van der Waals surface area contributed by atoms with Crippen LogP contribution in [0.4, 0.5) is 11.4 Å². The highest BCUT2D eigenvalue weighted by Gasteiger charge is 2.07. The molecule has 20 heavy (non-hydrogen) atoms. The summed E-state index contributed by atoms with van der Waals surface area (Å²) in [7, 11) is 0. The normalized spacial score (nSPS) is 10.3. The Balaban J connectivity index is 2.04. The molecular weight excluding hydrogens is 338 g/mol. The lowest BCUT2D eigenvalue weighted by Crippen LogP contribution is -2.22. The third kappa shape index (κ3) is 3.74. The first-order chi connectivity index (χ1) is 9.60. The van der Waals surface area contributed by atoms with Gasteiger partial charge in [0.25, 0.3) is 5.91 Å². The van der Waals surface area contributed by atoms with Crippen LogP contribution in [0.1, 0.15) is 22.2 Å². The second kappa shape index (κ2) is 6.76. The summed E-state index contributed by atoms with van der Waals surface area (Å²) in [5.41, 5.74) is 7.96. The lowest BCUT2D eigenvalue weighted by molar-refractivity contribution is 0.0956. The summed E-state index contributed by atoms with van der Waals surface area (Å²) in [4.78, 5) is 12.9. The fourth-order valence-corrected chi connectivity index (χ4v) is 3.18. The molecule has 1 heterocycles. The summed E-state index contributed by atoms with van der Waals surface area (Å²) >= 11 is 5.11. The van der Waals surface area contributed by atoms with E-state index in [0.29, 0.717) is 24.3 Å². The lowest BCUT2D eigenvalue weighted by Gasteiger charge is -2.10. The lowest BCUT2D eigenvalue weighted by atomic mass is 10.1. The van der Waals surface area contributed by atoms with Crippen molar-refractivity contribution in [2.75, 3.05) is 17.6 Å². The highest BCUT2D eigenvalue weighted by atomic mass is 79.9. The molecule has 4 nitrogen and oxygen atoms in total. The number of hydrogen-bond acceptors (Lipinski definition) is 4. The van der Waals surface area contributed by atoms with Crippen LogP contribution < -0.4 is 16.4 Å². The molecule has 1 aromatic carbocycles. The SMILES string of the molecule is CCNC(=O)c1ccc(NCc2ccc(Br)s2)c(N)c1. The highest BCUT2D eigenvalue weighted by Crippen LogP contribution is 2.25. The molecule has 0 radical (unpaired) electrons. The number of rotatable bonds is 5. The number of amides is 1. The fourth-order valence-electron chi connectivity index (χ4n) is 1.76. The molecule has 6 heteroatoms. The van der Waals surface area contributed by atoms with E-state index in [0.717, 1.165) is 9.47 Å². The topological polar surface area (TPSA) is 67.2 Å². The van der Waals surface area contributed by atoms with Crippen molar-refractivity contribution in [1.82, 2.24) is 5.32 Å². The quantitative estimate of drug-likeness (QED) is 0.721. The molecule has 0 fully saturated rings. The molecule has 106 valence electrons. The Bertz CT molecular complexity index is 612. The van der Waals surface area contributed by atoms with Gasteiger partial charge in [0.1, 0.15) is 0 Å². The Kier molecular flexibility index (Phi) is 5.03. The first kappa shape index (κ1) is 14.9. The molecule has 0 spiro atoms. The largest absolute Gasteiger partial charge is 0.397 e. The minimum atomic E-state index is -0.104. The number of nitrogen functional groups attached to an aromatic ring is 1. The Morgan fingerprint density at radius 2 is 2.15 bits per heavy atom. The van der Waals surface area contributed by atoms with Crippen LogP contribution in [-0.4, -0.2) is 12.5 Å². The minimum Gasteiger partial charge on any atom is -0.397 e. The first-order valence-corrected chi connectivity index (χ1v) is 7.87. The standard InChI is InChI=1S/C14H16BrN3OS/c1-2-17-14(19)9-3-5-12(11(16)7-9)18-8-10-4-6-13(15)20-10/h3-7,18H,2,8,16H2,1H3,(H,17,19). The molecule has 4 N–H and O–H groups in total. The van der Waals surface area contributed by atoms with E-state index in [1.54, 1.807) is 23.5 Å². The smallest absolute Gasteiger partial charge is 0.251 e. The second-order valence-electron chi connectivity index (χ2n) is 4.22. The molecule has 2 rings (SSSR count). The minimum absolute atomic E-state index is 0.104. The molecule has 2 aromatic rings. The fraction of sp³-hybridized carbons (Fsp3) is 0.214. The summed E-state index contributed by atoms with van der Waals surface area (Å²) in [6.07, 6.45) is 0. The molecule has 0 aliphatic heterocycles. The van der Waals surface area contributed by atoms with Crippen molar-refractivity contribution in [3.05, 3.63) is 44.6 Å².